The molecule has 4 N–H and O–H groups in total. The van der Waals surface area contributed by atoms with Crippen LogP contribution in [0.25, 0.3) is 0 Å². The Labute approximate surface area is 161 Å². The van der Waals surface area contributed by atoms with Crippen molar-refractivity contribution < 1.29 is 20.1 Å². The highest BCUT2D eigenvalue weighted by Crippen LogP contribution is 2.53. The van der Waals surface area contributed by atoms with Crippen LogP contribution in [0.2, 0.25) is 0 Å². The molecule has 0 unspecified atom stereocenters. The van der Waals surface area contributed by atoms with Crippen molar-refractivity contribution in [3.8, 4) is 11.5 Å². The lowest BCUT2D eigenvalue weighted by Crippen LogP contribution is -2.66. The summed E-state index contributed by atoms with van der Waals surface area (Å²) in [5.74, 6) is 0.397. The highest BCUT2D eigenvalue weighted by atomic mass is 16.3. The number of hydrogen-bond donors (Lipinski definition) is 4. The van der Waals surface area contributed by atoms with E-state index < -0.39 is 11.0 Å². The third kappa shape index (κ3) is 3.36. The van der Waals surface area contributed by atoms with E-state index in [0.29, 0.717) is 37.2 Å². The molecule has 150 valence electrons. The Hall–Kier alpha value is -1.59. The zero-order chi connectivity index (χ0) is 19.8. The van der Waals surface area contributed by atoms with E-state index in [0.717, 1.165) is 12.1 Å². The monoisotopic (exact) mass is 375 g/mol. The van der Waals surface area contributed by atoms with Crippen LogP contribution in [0.1, 0.15) is 70.4 Å². The Bertz CT molecular complexity index is 715. The predicted octanol–water partition coefficient (Wildman–Crippen LogP) is 3.18. The molecule has 3 rings (SSSR count). The van der Waals surface area contributed by atoms with Crippen molar-refractivity contribution in [2.45, 2.75) is 82.8 Å². The van der Waals surface area contributed by atoms with Crippen molar-refractivity contribution in [3.05, 3.63) is 23.3 Å². The smallest absolute Gasteiger partial charge is 0.161 e. The first-order valence-electron chi connectivity index (χ1n) is 10.2. The van der Waals surface area contributed by atoms with Crippen molar-refractivity contribution in [1.29, 1.82) is 0 Å². The van der Waals surface area contributed by atoms with Crippen molar-refractivity contribution in [2.75, 3.05) is 6.54 Å². The van der Waals surface area contributed by atoms with Crippen LogP contribution in [0.4, 0.5) is 0 Å². The Morgan fingerprint density at radius 2 is 2.00 bits per heavy atom. The summed E-state index contributed by atoms with van der Waals surface area (Å²) in [7, 11) is 0. The van der Waals surface area contributed by atoms with E-state index in [4.69, 9.17) is 0 Å². The Morgan fingerprint density at radius 3 is 2.56 bits per heavy atom. The quantitative estimate of drug-likeness (QED) is 0.550. The SMILES string of the molecule is CC[C@@]1(C)c2c(ccc(O)c2O)C[C@@H](NCC2CCC2)[C@]1(O)CCC(C)=O. The standard InChI is InChI=1S/C22H33NO4/c1-4-21(3)19-16(8-9-17(25)20(19)26)12-18(23-13-15-6-5-7-15)22(21,27)11-10-14(2)24/h8-9,15,18,23,25-27H,4-7,10-13H2,1-3H3/t18-,21+,22-/m1/s1. The zero-order valence-corrected chi connectivity index (χ0v) is 16.7. The summed E-state index contributed by atoms with van der Waals surface area (Å²) in [5.41, 5.74) is -0.378. The topological polar surface area (TPSA) is 89.8 Å². The van der Waals surface area contributed by atoms with Crippen molar-refractivity contribution >= 4 is 5.78 Å². The molecule has 1 aromatic rings. The van der Waals surface area contributed by atoms with Crippen molar-refractivity contribution in [2.24, 2.45) is 5.92 Å². The summed E-state index contributed by atoms with van der Waals surface area (Å²) in [4.78, 5) is 11.7. The zero-order valence-electron chi connectivity index (χ0n) is 16.7. The van der Waals surface area contributed by atoms with Gasteiger partial charge < -0.3 is 25.4 Å². The van der Waals surface area contributed by atoms with Crippen LogP contribution in [0.15, 0.2) is 12.1 Å². The third-order valence-electron chi connectivity index (χ3n) is 7.19. The average Bonchev–Trinajstić information content (AvgIpc) is 2.59. The number of rotatable bonds is 7. The van der Waals surface area contributed by atoms with Crippen molar-refractivity contribution in [3.63, 3.8) is 0 Å². The van der Waals surface area contributed by atoms with Gasteiger partial charge in [-0.1, -0.05) is 26.3 Å². The molecule has 0 aromatic heterocycles. The van der Waals surface area contributed by atoms with E-state index in [1.165, 1.54) is 25.3 Å². The second-order valence-electron chi connectivity index (χ2n) is 8.74. The number of phenolic OH excluding ortho intramolecular Hbond substituents is 2. The molecule has 0 aliphatic heterocycles. The number of fused-ring (bicyclic) bond motifs is 1. The normalized spacial score (nSPS) is 30.6. The number of ketones is 1. The summed E-state index contributed by atoms with van der Waals surface area (Å²) in [5, 5.41) is 36.2. The van der Waals surface area contributed by atoms with Gasteiger partial charge in [0.25, 0.3) is 0 Å². The number of aromatic hydroxyl groups is 2. The minimum Gasteiger partial charge on any atom is -0.504 e. The first-order chi connectivity index (χ1) is 12.7. The van der Waals surface area contributed by atoms with Crippen LogP contribution in [0.3, 0.4) is 0 Å². The third-order valence-corrected chi connectivity index (χ3v) is 7.19. The second kappa shape index (κ2) is 7.44. The Kier molecular flexibility index (Phi) is 5.55. The first-order valence-corrected chi connectivity index (χ1v) is 10.2. The van der Waals surface area contributed by atoms with Crippen LogP contribution in [-0.2, 0) is 16.6 Å². The molecule has 1 fully saturated rings. The maximum absolute atomic E-state index is 12.0. The molecule has 0 bridgehead atoms. The molecule has 1 aromatic carbocycles. The van der Waals surface area contributed by atoms with Gasteiger partial charge in [-0.25, -0.2) is 0 Å². The number of Topliss-reactive ketones (excluding diaryl/α,β-unsaturated/α-hetero) is 1. The molecule has 1 saturated carbocycles. The van der Waals surface area contributed by atoms with E-state index in [2.05, 4.69) is 5.32 Å². The molecular formula is C22H33NO4. The maximum Gasteiger partial charge on any atom is 0.161 e. The van der Waals surface area contributed by atoms with Crippen LogP contribution in [0.5, 0.6) is 11.5 Å². The van der Waals surface area contributed by atoms with Gasteiger partial charge in [0.1, 0.15) is 5.78 Å². The van der Waals surface area contributed by atoms with Gasteiger partial charge in [0.05, 0.1) is 5.60 Å². The van der Waals surface area contributed by atoms with Gasteiger partial charge in [-0.3, -0.25) is 0 Å². The average molecular weight is 376 g/mol. The molecule has 0 spiro atoms. The summed E-state index contributed by atoms with van der Waals surface area (Å²) < 4.78 is 0. The van der Waals surface area contributed by atoms with E-state index in [9.17, 15) is 20.1 Å². The highest BCUT2D eigenvalue weighted by Gasteiger charge is 2.56. The number of phenols is 2. The number of hydrogen-bond acceptors (Lipinski definition) is 5. The lowest BCUT2D eigenvalue weighted by molar-refractivity contribution is -0.121. The minimum absolute atomic E-state index is 0.0468. The number of carbonyl (C=O) groups is 1. The molecule has 0 radical (unpaired) electrons. The van der Waals surface area contributed by atoms with E-state index >= 15 is 0 Å². The second-order valence-corrected chi connectivity index (χ2v) is 8.74. The fourth-order valence-corrected chi connectivity index (χ4v) is 4.94. The van der Waals surface area contributed by atoms with Gasteiger partial charge in [-0.05, 0) is 63.1 Å². The van der Waals surface area contributed by atoms with Crippen LogP contribution >= 0.6 is 0 Å². The van der Waals surface area contributed by atoms with E-state index in [1.54, 1.807) is 6.92 Å². The fraction of sp³-hybridized carbons (Fsp3) is 0.682. The first kappa shape index (κ1) is 20.2. The van der Waals surface area contributed by atoms with Gasteiger partial charge in [0.15, 0.2) is 11.5 Å². The van der Waals surface area contributed by atoms with Crippen LogP contribution in [-0.4, -0.2) is 39.3 Å². The van der Waals surface area contributed by atoms with Gasteiger partial charge in [-0.2, -0.15) is 0 Å². The summed E-state index contributed by atoms with van der Waals surface area (Å²) in [6.45, 7) is 6.35. The molecule has 0 heterocycles. The molecule has 3 atom stereocenters. The van der Waals surface area contributed by atoms with Crippen LogP contribution < -0.4 is 5.32 Å². The molecule has 0 amide bonds. The van der Waals surface area contributed by atoms with Gasteiger partial charge in [0, 0.05) is 23.4 Å². The largest absolute Gasteiger partial charge is 0.504 e. The number of benzene rings is 1. The molecule has 27 heavy (non-hydrogen) atoms. The summed E-state index contributed by atoms with van der Waals surface area (Å²) >= 11 is 0. The maximum atomic E-state index is 12.0. The number of carbonyl (C=O) groups excluding carboxylic acids is 1. The van der Waals surface area contributed by atoms with Crippen LogP contribution in [0, 0.1) is 5.92 Å². The Balaban J connectivity index is 2.03. The lowest BCUT2D eigenvalue weighted by atomic mass is 9.56. The summed E-state index contributed by atoms with van der Waals surface area (Å²) in [6.07, 6.45) is 5.51. The highest BCUT2D eigenvalue weighted by molar-refractivity contribution is 5.75. The molecule has 0 saturated heterocycles. The Morgan fingerprint density at radius 1 is 1.30 bits per heavy atom. The van der Waals surface area contributed by atoms with Gasteiger partial charge in [0.2, 0.25) is 0 Å². The van der Waals surface area contributed by atoms with Crippen molar-refractivity contribution in [1.82, 2.24) is 5.32 Å². The van der Waals surface area contributed by atoms with Gasteiger partial charge in [-0.15, -0.1) is 0 Å². The lowest BCUT2D eigenvalue weighted by Gasteiger charge is -2.54. The fourth-order valence-electron chi connectivity index (χ4n) is 4.94. The number of nitrogens with one attached hydrogen (secondary N) is 1. The summed E-state index contributed by atoms with van der Waals surface area (Å²) in [6, 6.07) is 3.17. The molecular weight excluding hydrogens is 342 g/mol. The molecule has 5 nitrogen and oxygen atoms in total. The van der Waals surface area contributed by atoms with Gasteiger partial charge >= 0.3 is 0 Å². The minimum atomic E-state index is -1.19. The van der Waals surface area contributed by atoms with E-state index in [1.807, 2.05) is 19.9 Å². The molecule has 2 aliphatic rings. The van der Waals surface area contributed by atoms with E-state index in [-0.39, 0.29) is 23.3 Å². The predicted molar refractivity (Wildman–Crippen MR) is 105 cm³/mol. The number of aliphatic hydroxyl groups is 1. The molecule has 2 aliphatic carbocycles. The molecule has 5 heteroatoms.